The predicted molar refractivity (Wildman–Crippen MR) is 65.6 cm³/mol. The molecule has 0 bridgehead atoms. The third-order valence-electron chi connectivity index (χ3n) is 2.96. The van der Waals surface area contributed by atoms with Crippen molar-refractivity contribution < 1.29 is 19.1 Å². The molecule has 0 aliphatic heterocycles. The molecule has 0 saturated heterocycles. The van der Waals surface area contributed by atoms with E-state index in [4.69, 9.17) is 4.74 Å². The Labute approximate surface area is 113 Å². The van der Waals surface area contributed by atoms with Gasteiger partial charge in [-0.15, -0.1) is 0 Å². The molecule has 0 radical (unpaired) electrons. The molecule has 1 aliphatic carbocycles. The number of hydrogen-bond acceptors (Lipinski definition) is 6. The van der Waals surface area contributed by atoms with Crippen LogP contribution in [0.4, 0.5) is 0 Å². The van der Waals surface area contributed by atoms with E-state index < -0.39 is 17.5 Å². The first-order valence-electron chi connectivity index (χ1n) is 5.95. The molecule has 0 aromatic carbocycles. The molecule has 100 valence electrons. The summed E-state index contributed by atoms with van der Waals surface area (Å²) in [6.07, 6.45) is 1.42. The highest BCUT2D eigenvalue weighted by molar-refractivity contribution is 6.29. The number of nitrogens with zero attached hydrogens (tertiary/aromatic N) is 2. The van der Waals surface area contributed by atoms with Gasteiger partial charge in [0.05, 0.1) is 17.7 Å². The van der Waals surface area contributed by atoms with E-state index in [0.717, 1.165) is 0 Å². The van der Waals surface area contributed by atoms with Gasteiger partial charge in [-0.05, 0) is 19.1 Å². The Hall–Kier alpha value is -2.83. The number of nitrogens with one attached hydrogen (secondary N) is 1. The first kappa shape index (κ1) is 12.2. The molecule has 1 N–H and O–H groups in total. The minimum absolute atomic E-state index is 0.0473. The van der Waals surface area contributed by atoms with Gasteiger partial charge < -0.3 is 4.74 Å². The van der Waals surface area contributed by atoms with Gasteiger partial charge in [0.25, 0.3) is 0 Å². The van der Waals surface area contributed by atoms with Crippen LogP contribution in [-0.4, -0.2) is 39.3 Å². The zero-order valence-electron chi connectivity index (χ0n) is 10.5. The van der Waals surface area contributed by atoms with Gasteiger partial charge >= 0.3 is 5.97 Å². The molecule has 1 aliphatic rings. The average Bonchev–Trinajstić information content (AvgIpc) is 2.90. The summed E-state index contributed by atoms with van der Waals surface area (Å²) in [6.45, 7) is 1.81. The van der Waals surface area contributed by atoms with Gasteiger partial charge in [-0.25, -0.2) is 4.79 Å². The molecular formula is C13H9N3O4. The number of rotatable bonds is 2. The molecule has 0 unspecified atom stereocenters. The second kappa shape index (κ2) is 4.37. The summed E-state index contributed by atoms with van der Waals surface area (Å²) in [5.41, 5.74) is -0.0308. The van der Waals surface area contributed by atoms with Crippen molar-refractivity contribution in [1.82, 2.24) is 15.2 Å². The SMILES string of the molecule is CCOC(=O)c1[nH]nc2c1C(=O)c1cccnc1C2=O. The van der Waals surface area contributed by atoms with Gasteiger partial charge in [0.1, 0.15) is 11.4 Å². The zero-order chi connectivity index (χ0) is 14.3. The Balaban J connectivity index is 2.18. The van der Waals surface area contributed by atoms with Crippen molar-refractivity contribution >= 4 is 17.5 Å². The number of esters is 1. The fourth-order valence-corrected chi connectivity index (χ4v) is 2.09. The summed E-state index contributed by atoms with van der Waals surface area (Å²) in [5, 5.41) is 6.16. The smallest absolute Gasteiger partial charge is 0.357 e. The van der Waals surface area contributed by atoms with E-state index in [0.29, 0.717) is 0 Å². The Morgan fingerprint density at radius 2 is 2.10 bits per heavy atom. The van der Waals surface area contributed by atoms with Crippen LogP contribution in [-0.2, 0) is 4.74 Å². The van der Waals surface area contributed by atoms with Crippen LogP contribution in [0.2, 0.25) is 0 Å². The molecule has 0 saturated carbocycles. The summed E-state index contributed by atoms with van der Waals surface area (Å²) in [4.78, 5) is 40.3. The Bertz CT molecular complexity index is 748. The van der Waals surface area contributed by atoms with Gasteiger partial charge in [0, 0.05) is 6.20 Å². The summed E-state index contributed by atoms with van der Waals surface area (Å²) < 4.78 is 4.83. The van der Waals surface area contributed by atoms with Gasteiger partial charge in [-0.3, -0.25) is 19.7 Å². The second-order valence-electron chi connectivity index (χ2n) is 4.10. The lowest BCUT2D eigenvalue weighted by Gasteiger charge is -2.12. The molecule has 20 heavy (non-hydrogen) atoms. The average molecular weight is 271 g/mol. The first-order valence-corrected chi connectivity index (χ1v) is 5.95. The number of aromatic nitrogens is 3. The van der Waals surface area contributed by atoms with Crippen molar-refractivity contribution in [3.05, 3.63) is 46.5 Å². The van der Waals surface area contributed by atoms with Crippen molar-refractivity contribution in [2.75, 3.05) is 6.61 Å². The number of carbonyl (C=O) groups is 3. The number of carbonyl (C=O) groups excluding carboxylic acids is 3. The lowest BCUT2D eigenvalue weighted by molar-refractivity contribution is 0.0516. The standard InChI is InChI=1S/C13H9N3O4/c1-2-20-13(19)10-7-9(15-16-10)12(18)8-6(11(7)17)4-3-5-14-8/h3-5H,2H2,1H3,(H,15,16). The normalized spacial score (nSPS) is 12.8. The molecule has 0 atom stereocenters. The van der Waals surface area contributed by atoms with Crippen LogP contribution in [0.25, 0.3) is 0 Å². The second-order valence-corrected chi connectivity index (χ2v) is 4.10. The molecule has 0 amide bonds. The van der Waals surface area contributed by atoms with Gasteiger partial charge in [-0.2, -0.15) is 5.10 Å². The van der Waals surface area contributed by atoms with E-state index >= 15 is 0 Å². The maximum Gasteiger partial charge on any atom is 0.357 e. The van der Waals surface area contributed by atoms with Crippen LogP contribution in [0.5, 0.6) is 0 Å². The summed E-state index contributed by atoms with van der Waals surface area (Å²) in [7, 11) is 0. The third kappa shape index (κ3) is 1.56. The van der Waals surface area contributed by atoms with Crippen LogP contribution in [0.15, 0.2) is 18.3 Å². The lowest BCUT2D eigenvalue weighted by atomic mass is 9.90. The van der Waals surface area contributed by atoms with E-state index in [1.165, 1.54) is 12.3 Å². The van der Waals surface area contributed by atoms with E-state index in [1.54, 1.807) is 13.0 Å². The highest BCUT2D eigenvalue weighted by Gasteiger charge is 2.37. The van der Waals surface area contributed by atoms with E-state index in [9.17, 15) is 14.4 Å². The third-order valence-corrected chi connectivity index (χ3v) is 2.96. The Kier molecular flexibility index (Phi) is 2.67. The molecule has 2 aromatic rings. The molecule has 0 fully saturated rings. The number of hydrogen-bond donors (Lipinski definition) is 1. The lowest BCUT2D eigenvalue weighted by Crippen LogP contribution is -2.23. The minimum atomic E-state index is -0.713. The fraction of sp³-hybridized carbons (Fsp3) is 0.154. The van der Waals surface area contributed by atoms with Crippen molar-refractivity contribution in [2.45, 2.75) is 6.92 Å². The van der Waals surface area contributed by atoms with Crippen LogP contribution in [0.3, 0.4) is 0 Å². The molecule has 7 nitrogen and oxygen atoms in total. The fourth-order valence-electron chi connectivity index (χ4n) is 2.09. The predicted octanol–water partition coefficient (Wildman–Crippen LogP) is 0.757. The summed E-state index contributed by atoms with van der Waals surface area (Å²) >= 11 is 0. The maximum atomic E-state index is 12.4. The van der Waals surface area contributed by atoms with Crippen molar-refractivity contribution in [2.24, 2.45) is 0 Å². The quantitative estimate of drug-likeness (QED) is 0.690. The van der Waals surface area contributed by atoms with E-state index in [1.807, 2.05) is 0 Å². The van der Waals surface area contributed by atoms with Gasteiger partial charge in [-0.1, -0.05) is 0 Å². The molecule has 0 spiro atoms. The highest BCUT2D eigenvalue weighted by Crippen LogP contribution is 2.26. The van der Waals surface area contributed by atoms with Gasteiger partial charge in [0.15, 0.2) is 11.5 Å². The highest BCUT2D eigenvalue weighted by atomic mass is 16.5. The van der Waals surface area contributed by atoms with E-state index in [2.05, 4.69) is 15.2 Å². The van der Waals surface area contributed by atoms with Gasteiger partial charge in [0.2, 0.25) is 5.78 Å². The zero-order valence-corrected chi connectivity index (χ0v) is 10.5. The minimum Gasteiger partial charge on any atom is -0.461 e. The number of ketones is 2. The van der Waals surface area contributed by atoms with Crippen molar-refractivity contribution in [3.63, 3.8) is 0 Å². The molecule has 7 heteroatoms. The topological polar surface area (TPSA) is 102 Å². The first-order chi connectivity index (χ1) is 9.65. The Morgan fingerprint density at radius 3 is 2.85 bits per heavy atom. The van der Waals surface area contributed by atoms with Crippen LogP contribution in [0, 0.1) is 0 Å². The number of aromatic amines is 1. The molecular weight excluding hydrogens is 262 g/mol. The number of H-pyrrole nitrogens is 1. The summed E-state index contributed by atoms with van der Waals surface area (Å²) in [5.74, 6) is -1.66. The van der Waals surface area contributed by atoms with Crippen molar-refractivity contribution in [3.8, 4) is 0 Å². The summed E-state index contributed by atoms with van der Waals surface area (Å²) in [6, 6.07) is 3.05. The maximum absolute atomic E-state index is 12.4. The Morgan fingerprint density at radius 1 is 1.30 bits per heavy atom. The van der Waals surface area contributed by atoms with Crippen LogP contribution >= 0.6 is 0 Å². The van der Waals surface area contributed by atoms with Crippen LogP contribution in [0.1, 0.15) is 49.5 Å². The monoisotopic (exact) mass is 271 g/mol. The van der Waals surface area contributed by atoms with E-state index in [-0.39, 0.29) is 34.8 Å². The number of ether oxygens (including phenoxy) is 1. The van der Waals surface area contributed by atoms with Crippen LogP contribution < -0.4 is 0 Å². The molecule has 2 aromatic heterocycles. The molecule has 2 heterocycles. The molecule has 3 rings (SSSR count). The number of pyridine rings is 1. The largest absolute Gasteiger partial charge is 0.461 e. The van der Waals surface area contributed by atoms with Crippen molar-refractivity contribution in [1.29, 1.82) is 0 Å². The number of fused-ring (bicyclic) bond motifs is 2.